The van der Waals surface area contributed by atoms with E-state index in [9.17, 15) is 4.79 Å². The lowest BCUT2D eigenvalue weighted by Gasteiger charge is -2.11. The van der Waals surface area contributed by atoms with Crippen molar-refractivity contribution in [2.24, 2.45) is 0 Å². The lowest BCUT2D eigenvalue weighted by atomic mass is 10.1. The summed E-state index contributed by atoms with van der Waals surface area (Å²) < 4.78 is 5.44. The summed E-state index contributed by atoms with van der Waals surface area (Å²) >= 11 is 7.63. The first-order valence-corrected chi connectivity index (χ1v) is 6.71. The number of ketones is 1. The van der Waals surface area contributed by atoms with Gasteiger partial charge < -0.3 is 4.74 Å². The largest absolute Gasteiger partial charge is 0.494 e. The van der Waals surface area contributed by atoms with Gasteiger partial charge in [0, 0.05) is 4.90 Å². The number of carbonyl (C=O) groups excluding carboxylic acids is 1. The highest BCUT2D eigenvalue weighted by Crippen LogP contribution is 2.30. The van der Waals surface area contributed by atoms with Crippen LogP contribution in [0.5, 0.6) is 5.75 Å². The number of hydrogen-bond donors (Lipinski definition) is 0. The second kappa shape index (κ2) is 6.16. The molecule has 0 N–H and O–H groups in total. The van der Waals surface area contributed by atoms with E-state index in [1.54, 1.807) is 11.8 Å². The maximum absolute atomic E-state index is 11.2. The Hall–Kier alpha value is -0.670. The number of ether oxygens (including phenoxy) is 1. The molecule has 0 saturated carbocycles. The Morgan fingerprint density at radius 3 is 2.69 bits per heavy atom. The number of alkyl halides is 1. The molecule has 1 aromatic carbocycles. The second-order valence-corrected chi connectivity index (χ2v) is 4.66. The molecule has 1 aromatic rings. The van der Waals surface area contributed by atoms with Crippen LogP contribution < -0.4 is 4.74 Å². The molecule has 88 valence electrons. The quantitative estimate of drug-likeness (QED) is 0.595. The predicted octanol–water partition coefficient (Wildman–Crippen LogP) is 3.68. The molecule has 2 nitrogen and oxygen atoms in total. The predicted molar refractivity (Wildman–Crippen MR) is 68.7 cm³/mol. The maximum atomic E-state index is 11.2. The minimum absolute atomic E-state index is 0.0534. The molecule has 1 rings (SSSR count). The molecule has 0 fully saturated rings. The Morgan fingerprint density at radius 1 is 1.50 bits per heavy atom. The number of thioether (sulfide) groups is 1. The summed E-state index contributed by atoms with van der Waals surface area (Å²) in [6.07, 6.45) is 1.98. The second-order valence-electron chi connectivity index (χ2n) is 3.35. The van der Waals surface area contributed by atoms with Crippen LogP contribution in [0.25, 0.3) is 0 Å². The van der Waals surface area contributed by atoms with Crippen LogP contribution in [0.4, 0.5) is 0 Å². The van der Waals surface area contributed by atoms with Crippen LogP contribution in [-0.2, 0) is 4.79 Å². The molecule has 0 bridgehead atoms. The van der Waals surface area contributed by atoms with Gasteiger partial charge in [-0.1, -0.05) is 0 Å². The van der Waals surface area contributed by atoms with Gasteiger partial charge in [0.05, 0.1) is 6.61 Å². The summed E-state index contributed by atoms with van der Waals surface area (Å²) in [4.78, 5) is 12.3. The molecular weight excluding hydrogens is 244 g/mol. The molecule has 0 heterocycles. The van der Waals surface area contributed by atoms with Crippen molar-refractivity contribution >= 4 is 29.1 Å². The molecule has 0 radical (unpaired) electrons. The molecule has 0 aromatic heterocycles. The minimum atomic E-state index is -0.591. The lowest BCUT2D eigenvalue weighted by Crippen LogP contribution is -2.02. The fourth-order valence-electron chi connectivity index (χ4n) is 1.34. The molecular formula is C12H15ClO2S. The molecule has 1 atom stereocenters. The van der Waals surface area contributed by atoms with Gasteiger partial charge in [0.2, 0.25) is 0 Å². The summed E-state index contributed by atoms with van der Waals surface area (Å²) in [7, 11) is 0. The average Bonchev–Trinajstić information content (AvgIpc) is 2.27. The molecule has 0 saturated heterocycles. The van der Waals surface area contributed by atoms with Crippen LogP contribution >= 0.6 is 23.4 Å². The zero-order valence-electron chi connectivity index (χ0n) is 9.62. The smallest absolute Gasteiger partial charge is 0.152 e. The average molecular weight is 259 g/mol. The first-order chi connectivity index (χ1) is 7.58. The summed E-state index contributed by atoms with van der Waals surface area (Å²) in [6.45, 7) is 4.02. The monoisotopic (exact) mass is 258 g/mol. The van der Waals surface area contributed by atoms with Crippen molar-refractivity contribution in [3.63, 3.8) is 0 Å². The molecule has 0 aliphatic heterocycles. The van der Waals surface area contributed by atoms with E-state index in [4.69, 9.17) is 16.3 Å². The topological polar surface area (TPSA) is 26.3 Å². The number of carbonyl (C=O) groups is 1. The van der Waals surface area contributed by atoms with Gasteiger partial charge >= 0.3 is 0 Å². The van der Waals surface area contributed by atoms with Crippen LogP contribution in [0.2, 0.25) is 0 Å². The van der Waals surface area contributed by atoms with Crippen molar-refractivity contribution in [1.29, 1.82) is 0 Å². The summed E-state index contributed by atoms with van der Waals surface area (Å²) in [5.74, 6) is 0.707. The van der Waals surface area contributed by atoms with Gasteiger partial charge in [-0.25, -0.2) is 0 Å². The van der Waals surface area contributed by atoms with Crippen LogP contribution in [0.1, 0.15) is 24.8 Å². The Bertz CT molecular complexity index is 379. The fraction of sp³-hybridized carbons (Fsp3) is 0.417. The fourth-order valence-corrected chi connectivity index (χ4v) is 1.96. The number of halogens is 1. The first kappa shape index (κ1) is 13.4. The maximum Gasteiger partial charge on any atom is 0.152 e. The number of benzene rings is 1. The SMILES string of the molecule is CCOc1cc(SC)cc(C(Cl)C(C)=O)c1. The van der Waals surface area contributed by atoms with Crippen molar-refractivity contribution in [1.82, 2.24) is 0 Å². The lowest BCUT2D eigenvalue weighted by molar-refractivity contribution is -0.116. The third-order valence-electron chi connectivity index (χ3n) is 2.10. The Labute approximate surface area is 105 Å². The number of hydrogen-bond acceptors (Lipinski definition) is 3. The summed E-state index contributed by atoms with van der Waals surface area (Å²) in [5.41, 5.74) is 0.796. The van der Waals surface area contributed by atoms with E-state index in [1.807, 2.05) is 31.4 Å². The third kappa shape index (κ3) is 3.42. The normalized spacial score (nSPS) is 12.2. The van der Waals surface area contributed by atoms with E-state index < -0.39 is 5.38 Å². The van der Waals surface area contributed by atoms with Gasteiger partial charge in [-0.2, -0.15) is 0 Å². The highest BCUT2D eigenvalue weighted by Gasteiger charge is 2.14. The van der Waals surface area contributed by atoms with Crippen molar-refractivity contribution in [2.45, 2.75) is 24.1 Å². The van der Waals surface area contributed by atoms with Gasteiger partial charge in [-0.3, -0.25) is 4.79 Å². The van der Waals surface area contributed by atoms with Crippen LogP contribution in [0, 0.1) is 0 Å². The molecule has 4 heteroatoms. The van der Waals surface area contributed by atoms with Gasteiger partial charge in [0.15, 0.2) is 5.78 Å². The number of Topliss-reactive ketones (excluding diaryl/α,β-unsaturated/α-hetero) is 1. The first-order valence-electron chi connectivity index (χ1n) is 5.04. The van der Waals surface area contributed by atoms with Crippen molar-refractivity contribution in [2.75, 3.05) is 12.9 Å². The van der Waals surface area contributed by atoms with Gasteiger partial charge in [0.25, 0.3) is 0 Å². The van der Waals surface area contributed by atoms with E-state index in [2.05, 4.69) is 0 Å². The number of rotatable bonds is 5. The highest BCUT2D eigenvalue weighted by atomic mass is 35.5. The van der Waals surface area contributed by atoms with Crippen molar-refractivity contribution in [3.8, 4) is 5.75 Å². The van der Waals surface area contributed by atoms with E-state index in [0.29, 0.717) is 6.61 Å². The van der Waals surface area contributed by atoms with E-state index in [0.717, 1.165) is 16.2 Å². The van der Waals surface area contributed by atoms with E-state index >= 15 is 0 Å². The molecule has 0 aliphatic rings. The van der Waals surface area contributed by atoms with Crippen LogP contribution in [-0.4, -0.2) is 18.6 Å². The third-order valence-corrected chi connectivity index (χ3v) is 3.37. The Balaban J connectivity index is 3.08. The van der Waals surface area contributed by atoms with Gasteiger partial charge in [0.1, 0.15) is 11.1 Å². The van der Waals surface area contributed by atoms with Crippen molar-refractivity contribution < 1.29 is 9.53 Å². The molecule has 0 spiro atoms. The Kier molecular flexibility index (Phi) is 5.16. The zero-order chi connectivity index (χ0) is 12.1. The summed E-state index contributed by atoms with van der Waals surface area (Å²) in [6, 6.07) is 5.69. The molecule has 16 heavy (non-hydrogen) atoms. The molecule has 0 aliphatic carbocycles. The minimum Gasteiger partial charge on any atom is -0.494 e. The Morgan fingerprint density at radius 2 is 2.19 bits per heavy atom. The van der Waals surface area contributed by atoms with Gasteiger partial charge in [-0.05, 0) is 43.9 Å². The van der Waals surface area contributed by atoms with Crippen LogP contribution in [0.3, 0.4) is 0 Å². The molecule has 0 amide bonds. The van der Waals surface area contributed by atoms with Gasteiger partial charge in [-0.15, -0.1) is 23.4 Å². The highest BCUT2D eigenvalue weighted by molar-refractivity contribution is 7.98. The van der Waals surface area contributed by atoms with E-state index in [-0.39, 0.29) is 5.78 Å². The summed E-state index contributed by atoms with van der Waals surface area (Å²) in [5, 5.41) is -0.591. The molecule has 1 unspecified atom stereocenters. The van der Waals surface area contributed by atoms with Crippen LogP contribution in [0.15, 0.2) is 23.1 Å². The zero-order valence-corrected chi connectivity index (χ0v) is 11.2. The standard InChI is InChI=1S/C12H15ClO2S/c1-4-15-10-5-9(12(13)8(2)14)6-11(7-10)16-3/h5-7,12H,4H2,1-3H3. The van der Waals surface area contributed by atoms with E-state index in [1.165, 1.54) is 6.92 Å². The van der Waals surface area contributed by atoms with Crippen molar-refractivity contribution in [3.05, 3.63) is 23.8 Å².